The molecule has 10 heteroatoms. The molecule has 0 aliphatic rings. The van der Waals surface area contributed by atoms with Gasteiger partial charge in [0.25, 0.3) is 5.56 Å². The van der Waals surface area contributed by atoms with E-state index in [1.165, 1.54) is 41.1 Å². The Balaban J connectivity index is 1.63. The van der Waals surface area contributed by atoms with Gasteiger partial charge in [-0.05, 0) is 55.0 Å². The van der Waals surface area contributed by atoms with Crippen molar-refractivity contribution < 1.29 is 22.4 Å². The molecule has 0 atom stereocenters. The molecule has 0 aliphatic heterocycles. The molecule has 0 bridgehead atoms. The molecule has 3 rings (SSSR count). The van der Waals surface area contributed by atoms with Crippen LogP contribution in [-0.4, -0.2) is 15.7 Å². The van der Waals surface area contributed by atoms with E-state index >= 15 is 0 Å². The molecule has 1 heterocycles. The van der Waals surface area contributed by atoms with Crippen LogP contribution in [-0.2, 0) is 17.5 Å². The van der Waals surface area contributed by atoms with Crippen LogP contribution in [0.25, 0.3) is 11.3 Å². The molecule has 1 amide bonds. The van der Waals surface area contributed by atoms with E-state index in [0.29, 0.717) is 11.3 Å². The van der Waals surface area contributed by atoms with Gasteiger partial charge in [0.2, 0.25) is 5.91 Å². The van der Waals surface area contributed by atoms with Gasteiger partial charge in [-0.2, -0.15) is 18.3 Å². The van der Waals surface area contributed by atoms with E-state index in [9.17, 15) is 27.2 Å². The standard InChI is InChI=1S/C21H16ClF4N3O2/c22-16-8-5-14(21(24,25)26)12-18(16)27-19(30)2-1-11-29-20(31)10-9-17(28-29)13-3-6-15(23)7-4-13/h3-10,12H,1-2,11H2,(H,27,30). The van der Waals surface area contributed by atoms with Crippen molar-refractivity contribution in [1.29, 1.82) is 0 Å². The molecule has 0 saturated carbocycles. The van der Waals surface area contributed by atoms with Crippen LogP contribution in [0, 0.1) is 5.82 Å². The van der Waals surface area contributed by atoms with Crippen LogP contribution < -0.4 is 10.9 Å². The van der Waals surface area contributed by atoms with Crippen LogP contribution in [0.15, 0.2) is 59.4 Å². The highest BCUT2D eigenvalue weighted by molar-refractivity contribution is 6.33. The summed E-state index contributed by atoms with van der Waals surface area (Å²) in [4.78, 5) is 24.1. The minimum absolute atomic E-state index is 0.0220. The Kier molecular flexibility index (Phi) is 6.74. The number of rotatable bonds is 6. The summed E-state index contributed by atoms with van der Waals surface area (Å²) < 4.78 is 52.7. The average Bonchev–Trinajstić information content (AvgIpc) is 2.71. The molecular formula is C21H16ClF4N3O2. The maximum absolute atomic E-state index is 13.1. The SMILES string of the molecule is O=C(CCCn1nc(-c2ccc(F)cc2)ccc1=O)Nc1cc(C(F)(F)F)ccc1Cl. The van der Waals surface area contributed by atoms with Gasteiger partial charge in [0.15, 0.2) is 0 Å². The van der Waals surface area contributed by atoms with Gasteiger partial charge in [-0.3, -0.25) is 9.59 Å². The first-order chi connectivity index (χ1) is 14.6. The molecule has 0 radical (unpaired) electrons. The van der Waals surface area contributed by atoms with Crippen molar-refractivity contribution in [1.82, 2.24) is 9.78 Å². The maximum Gasteiger partial charge on any atom is 0.416 e. The van der Waals surface area contributed by atoms with Crippen molar-refractivity contribution in [3.63, 3.8) is 0 Å². The minimum atomic E-state index is -4.56. The number of halogens is 5. The highest BCUT2D eigenvalue weighted by atomic mass is 35.5. The van der Waals surface area contributed by atoms with Crippen molar-refractivity contribution in [3.05, 3.63) is 81.4 Å². The van der Waals surface area contributed by atoms with Gasteiger partial charge in [-0.15, -0.1) is 0 Å². The highest BCUT2D eigenvalue weighted by Gasteiger charge is 2.31. The quantitative estimate of drug-likeness (QED) is 0.526. The van der Waals surface area contributed by atoms with Crippen molar-refractivity contribution in [3.8, 4) is 11.3 Å². The second-order valence-corrected chi connectivity index (χ2v) is 7.04. The summed E-state index contributed by atoms with van der Waals surface area (Å²) in [5.41, 5.74) is -0.380. The third kappa shape index (κ3) is 5.91. The Labute approximate surface area is 179 Å². The van der Waals surface area contributed by atoms with Gasteiger partial charge in [0.05, 0.1) is 22.0 Å². The predicted octanol–water partition coefficient (Wildman–Crippen LogP) is 5.14. The van der Waals surface area contributed by atoms with E-state index in [1.807, 2.05) is 0 Å². The lowest BCUT2D eigenvalue weighted by Gasteiger charge is -2.12. The summed E-state index contributed by atoms with van der Waals surface area (Å²) >= 11 is 5.87. The summed E-state index contributed by atoms with van der Waals surface area (Å²) in [5, 5.41) is 6.54. The molecule has 5 nitrogen and oxygen atoms in total. The molecule has 162 valence electrons. The van der Waals surface area contributed by atoms with Gasteiger partial charge < -0.3 is 5.32 Å². The summed E-state index contributed by atoms with van der Waals surface area (Å²) in [6.45, 7) is 0.109. The van der Waals surface area contributed by atoms with Gasteiger partial charge in [0.1, 0.15) is 5.82 Å². The number of carbonyl (C=O) groups excluding carboxylic acids is 1. The Hall–Kier alpha value is -3.20. The Bertz CT molecular complexity index is 1140. The van der Waals surface area contributed by atoms with Crippen molar-refractivity contribution in [2.45, 2.75) is 25.6 Å². The molecule has 0 spiro atoms. The molecule has 1 N–H and O–H groups in total. The average molecular weight is 454 g/mol. The molecule has 0 fully saturated rings. The van der Waals surface area contributed by atoms with E-state index in [4.69, 9.17) is 11.6 Å². The van der Waals surface area contributed by atoms with Crippen molar-refractivity contribution in [2.24, 2.45) is 0 Å². The van der Waals surface area contributed by atoms with Gasteiger partial charge in [0, 0.05) is 24.6 Å². The molecule has 0 aliphatic carbocycles. The van der Waals surface area contributed by atoms with E-state index in [0.717, 1.165) is 18.2 Å². The van der Waals surface area contributed by atoms with E-state index < -0.39 is 23.5 Å². The molecular weight excluding hydrogens is 438 g/mol. The first kappa shape index (κ1) is 22.5. The van der Waals surface area contributed by atoms with Crippen LogP contribution in [0.2, 0.25) is 5.02 Å². The second kappa shape index (κ2) is 9.30. The lowest BCUT2D eigenvalue weighted by Crippen LogP contribution is -2.23. The first-order valence-electron chi connectivity index (χ1n) is 9.14. The van der Waals surface area contributed by atoms with Crippen molar-refractivity contribution >= 4 is 23.2 Å². The van der Waals surface area contributed by atoms with E-state index in [-0.39, 0.29) is 35.7 Å². The van der Waals surface area contributed by atoms with Crippen LogP contribution in [0.5, 0.6) is 0 Å². The number of nitrogens with zero attached hydrogens (tertiary/aromatic N) is 2. The minimum Gasteiger partial charge on any atom is -0.325 e. The third-order valence-corrected chi connectivity index (χ3v) is 4.68. The molecule has 31 heavy (non-hydrogen) atoms. The zero-order valence-electron chi connectivity index (χ0n) is 15.9. The zero-order chi connectivity index (χ0) is 22.6. The Morgan fingerprint density at radius 1 is 1.06 bits per heavy atom. The summed E-state index contributed by atoms with van der Waals surface area (Å²) in [7, 11) is 0. The third-order valence-electron chi connectivity index (χ3n) is 4.35. The number of carbonyl (C=O) groups is 1. The number of amides is 1. The number of aromatic nitrogens is 2. The zero-order valence-corrected chi connectivity index (χ0v) is 16.7. The number of aryl methyl sites for hydroxylation is 1. The largest absolute Gasteiger partial charge is 0.416 e. The van der Waals surface area contributed by atoms with Gasteiger partial charge >= 0.3 is 6.18 Å². The lowest BCUT2D eigenvalue weighted by molar-refractivity contribution is -0.137. The molecule has 0 unspecified atom stereocenters. The van der Waals surface area contributed by atoms with E-state index in [1.54, 1.807) is 0 Å². The fourth-order valence-corrected chi connectivity index (χ4v) is 2.95. The summed E-state index contributed by atoms with van der Waals surface area (Å²) in [6.07, 6.45) is -4.42. The number of alkyl halides is 3. The van der Waals surface area contributed by atoms with Gasteiger partial charge in [-0.1, -0.05) is 11.6 Å². The van der Waals surface area contributed by atoms with E-state index in [2.05, 4.69) is 10.4 Å². The van der Waals surface area contributed by atoms with Crippen molar-refractivity contribution in [2.75, 3.05) is 5.32 Å². The van der Waals surface area contributed by atoms with Crippen LogP contribution in [0.1, 0.15) is 18.4 Å². The van der Waals surface area contributed by atoms with Crippen LogP contribution >= 0.6 is 11.6 Å². The highest BCUT2D eigenvalue weighted by Crippen LogP contribution is 2.33. The van der Waals surface area contributed by atoms with Crippen LogP contribution in [0.3, 0.4) is 0 Å². The molecule has 2 aromatic carbocycles. The Morgan fingerprint density at radius 2 is 1.77 bits per heavy atom. The predicted molar refractivity (Wildman–Crippen MR) is 108 cm³/mol. The second-order valence-electron chi connectivity index (χ2n) is 6.63. The summed E-state index contributed by atoms with van der Waals surface area (Å²) in [5.74, 6) is -0.951. The summed E-state index contributed by atoms with van der Waals surface area (Å²) in [6, 6.07) is 11.1. The number of hydrogen-bond donors (Lipinski definition) is 1. The number of hydrogen-bond acceptors (Lipinski definition) is 3. The maximum atomic E-state index is 13.1. The lowest BCUT2D eigenvalue weighted by atomic mass is 10.1. The fraction of sp³-hybridized carbons (Fsp3) is 0.190. The monoisotopic (exact) mass is 453 g/mol. The topological polar surface area (TPSA) is 64.0 Å². The number of anilines is 1. The number of nitrogens with one attached hydrogen (secondary N) is 1. The Morgan fingerprint density at radius 3 is 2.45 bits per heavy atom. The number of benzene rings is 2. The molecule has 0 saturated heterocycles. The van der Waals surface area contributed by atoms with Crippen LogP contribution in [0.4, 0.5) is 23.2 Å². The van der Waals surface area contributed by atoms with Gasteiger partial charge in [-0.25, -0.2) is 9.07 Å². The molecule has 1 aromatic heterocycles. The fourth-order valence-electron chi connectivity index (χ4n) is 2.78. The first-order valence-corrected chi connectivity index (χ1v) is 9.52. The smallest absolute Gasteiger partial charge is 0.325 e. The normalized spacial score (nSPS) is 11.4. The molecule has 3 aromatic rings.